The van der Waals surface area contributed by atoms with E-state index in [9.17, 15) is 19.2 Å². The summed E-state index contributed by atoms with van der Waals surface area (Å²) in [6.45, 7) is 0. The Bertz CT molecular complexity index is 1780. The number of furan rings is 1. The van der Waals surface area contributed by atoms with Crippen molar-refractivity contribution >= 4 is 27.2 Å². The Labute approximate surface area is 179 Å². The molecule has 0 N–H and O–H groups in total. The second kappa shape index (κ2) is 5.68. The lowest BCUT2D eigenvalue weighted by Crippen LogP contribution is -2.34. The Morgan fingerprint density at radius 1 is 0.625 bits per heavy atom. The SMILES string of the molecule is O=c1oc(=O)c2cc3c(=O)n(C4=CC=C5C=CC6=CC=CC7=CC=C4C5C67)c(=O)c3cc12. The number of hydrogen-bond donors (Lipinski definition) is 0. The van der Waals surface area contributed by atoms with Crippen molar-refractivity contribution in [2.75, 3.05) is 0 Å². The van der Waals surface area contributed by atoms with Crippen molar-refractivity contribution < 1.29 is 4.42 Å². The van der Waals surface area contributed by atoms with Crippen LogP contribution in [0, 0.1) is 11.8 Å². The minimum Gasteiger partial charge on any atom is -0.386 e. The summed E-state index contributed by atoms with van der Waals surface area (Å²) in [7, 11) is 0. The lowest BCUT2D eigenvalue weighted by Gasteiger charge is -2.40. The minimum atomic E-state index is -0.803. The molecule has 2 unspecified atom stereocenters. The van der Waals surface area contributed by atoms with E-state index in [4.69, 9.17) is 0 Å². The third-order valence-corrected chi connectivity index (χ3v) is 6.87. The van der Waals surface area contributed by atoms with E-state index in [-0.39, 0.29) is 33.4 Å². The van der Waals surface area contributed by atoms with Crippen LogP contribution in [-0.4, -0.2) is 4.57 Å². The third-order valence-electron chi connectivity index (χ3n) is 6.87. The van der Waals surface area contributed by atoms with Crippen LogP contribution in [0.15, 0.2) is 113 Å². The van der Waals surface area contributed by atoms with Crippen molar-refractivity contribution in [3.63, 3.8) is 0 Å². The van der Waals surface area contributed by atoms with Gasteiger partial charge in [-0.05, 0) is 40.5 Å². The molecule has 1 aromatic carbocycles. The van der Waals surface area contributed by atoms with Gasteiger partial charge >= 0.3 is 11.3 Å². The summed E-state index contributed by atoms with van der Waals surface area (Å²) >= 11 is 0. The highest BCUT2D eigenvalue weighted by molar-refractivity contribution is 5.98. The molecular formula is C26H13NO5. The average Bonchev–Trinajstić information content (AvgIpc) is 3.23. The van der Waals surface area contributed by atoms with Crippen LogP contribution in [0.2, 0.25) is 0 Å². The summed E-state index contributed by atoms with van der Waals surface area (Å²) in [5, 5.41) is 0.242. The molecule has 0 bridgehead atoms. The van der Waals surface area contributed by atoms with Gasteiger partial charge in [0.05, 0.1) is 27.2 Å². The molecule has 32 heavy (non-hydrogen) atoms. The van der Waals surface area contributed by atoms with E-state index < -0.39 is 22.4 Å². The Morgan fingerprint density at radius 3 is 1.91 bits per heavy atom. The van der Waals surface area contributed by atoms with E-state index in [1.54, 1.807) is 6.08 Å². The van der Waals surface area contributed by atoms with Crippen LogP contribution >= 0.6 is 0 Å². The first-order chi connectivity index (χ1) is 15.5. The van der Waals surface area contributed by atoms with Crippen LogP contribution in [0.25, 0.3) is 27.2 Å². The van der Waals surface area contributed by atoms with Crippen molar-refractivity contribution in [3.8, 4) is 0 Å². The van der Waals surface area contributed by atoms with Crippen LogP contribution < -0.4 is 22.4 Å². The normalized spacial score (nSPS) is 22.9. The molecule has 2 atom stereocenters. The van der Waals surface area contributed by atoms with Gasteiger partial charge in [0, 0.05) is 11.8 Å². The van der Waals surface area contributed by atoms with Gasteiger partial charge in [-0.1, -0.05) is 48.6 Å². The molecule has 6 nitrogen and oxygen atoms in total. The fraction of sp³-hybridized carbons (Fsp3) is 0.0769. The number of allylic oxidation sites excluding steroid dienone is 14. The van der Waals surface area contributed by atoms with Crippen LogP contribution in [0.1, 0.15) is 0 Å². The number of nitrogens with zero attached hydrogens (tertiary/aromatic N) is 1. The van der Waals surface area contributed by atoms with Gasteiger partial charge in [-0.25, -0.2) is 14.2 Å². The van der Waals surface area contributed by atoms with Gasteiger partial charge in [-0.2, -0.15) is 0 Å². The molecule has 0 radical (unpaired) electrons. The first-order valence-corrected chi connectivity index (χ1v) is 10.3. The topological polar surface area (TPSA) is 86.3 Å². The van der Waals surface area contributed by atoms with Crippen molar-refractivity contribution in [1.82, 2.24) is 4.57 Å². The predicted octanol–water partition coefficient (Wildman–Crippen LogP) is 2.65. The summed E-state index contributed by atoms with van der Waals surface area (Å²) in [6.07, 6.45) is 18.2. The molecule has 2 heterocycles. The molecule has 0 spiro atoms. The third kappa shape index (κ3) is 1.99. The molecule has 0 saturated carbocycles. The Morgan fingerprint density at radius 2 is 1.22 bits per heavy atom. The quantitative estimate of drug-likeness (QED) is 0.605. The van der Waals surface area contributed by atoms with Crippen molar-refractivity contribution in [2.24, 2.45) is 11.8 Å². The molecular weight excluding hydrogens is 406 g/mol. The minimum absolute atomic E-state index is 0.0158. The maximum absolute atomic E-state index is 13.3. The summed E-state index contributed by atoms with van der Waals surface area (Å²) in [5.74, 6) is 0.161. The van der Waals surface area contributed by atoms with Crippen molar-refractivity contribution in [1.29, 1.82) is 0 Å². The lowest BCUT2D eigenvalue weighted by molar-refractivity contribution is 0.500. The number of hydrogen-bond acceptors (Lipinski definition) is 5. The molecule has 2 aromatic heterocycles. The highest BCUT2D eigenvalue weighted by atomic mass is 16.4. The Hall–Kier alpha value is -4.32. The zero-order chi connectivity index (χ0) is 21.7. The van der Waals surface area contributed by atoms with Gasteiger partial charge in [0.15, 0.2) is 0 Å². The Balaban J connectivity index is 1.52. The molecule has 7 rings (SSSR count). The fourth-order valence-electron chi connectivity index (χ4n) is 5.43. The highest BCUT2D eigenvalue weighted by Crippen LogP contribution is 2.50. The molecule has 4 aliphatic carbocycles. The summed E-state index contributed by atoms with van der Waals surface area (Å²) in [6, 6.07) is 2.60. The molecule has 0 saturated heterocycles. The van der Waals surface area contributed by atoms with E-state index in [0.717, 1.165) is 15.7 Å². The molecule has 3 aromatic rings. The largest absolute Gasteiger partial charge is 0.386 e. The molecule has 0 amide bonds. The Kier molecular flexibility index (Phi) is 3.08. The van der Waals surface area contributed by atoms with Crippen LogP contribution in [0.5, 0.6) is 0 Å². The first kappa shape index (κ1) is 17.4. The van der Waals surface area contributed by atoms with Gasteiger partial charge in [0.2, 0.25) is 0 Å². The number of benzene rings is 1. The van der Waals surface area contributed by atoms with Crippen LogP contribution in [0.3, 0.4) is 0 Å². The number of rotatable bonds is 1. The number of aromatic nitrogens is 1. The summed E-state index contributed by atoms with van der Waals surface area (Å²) in [4.78, 5) is 50.6. The molecule has 152 valence electrons. The highest BCUT2D eigenvalue weighted by Gasteiger charge is 2.39. The van der Waals surface area contributed by atoms with E-state index in [1.165, 1.54) is 23.3 Å². The van der Waals surface area contributed by atoms with E-state index >= 15 is 0 Å². The van der Waals surface area contributed by atoms with E-state index in [1.807, 2.05) is 24.3 Å². The average molecular weight is 419 g/mol. The monoisotopic (exact) mass is 419 g/mol. The standard InChI is InChI=1S/C26H13NO5/c28-23-16-10-18-19(26(31)32-25(18)30)11-17(16)24(29)27(23)20-9-7-14-5-4-12-2-1-3-13-6-8-15(20)22(14)21(12)13/h1-11,21-22H. The van der Waals surface area contributed by atoms with Gasteiger partial charge in [0.1, 0.15) is 0 Å². The zero-order valence-corrected chi connectivity index (χ0v) is 16.5. The smallest absolute Gasteiger partial charge is 0.346 e. The summed E-state index contributed by atoms with van der Waals surface area (Å²) in [5.41, 5.74) is 2.33. The fourth-order valence-corrected chi connectivity index (χ4v) is 5.43. The lowest BCUT2D eigenvalue weighted by atomic mass is 9.64. The van der Waals surface area contributed by atoms with Crippen LogP contribution in [0.4, 0.5) is 0 Å². The second-order valence-corrected chi connectivity index (χ2v) is 8.39. The number of fused-ring (bicyclic) bond motifs is 2. The van der Waals surface area contributed by atoms with E-state index in [0.29, 0.717) is 5.70 Å². The van der Waals surface area contributed by atoms with Crippen molar-refractivity contribution in [2.45, 2.75) is 0 Å². The summed E-state index contributed by atoms with van der Waals surface area (Å²) < 4.78 is 5.77. The first-order valence-electron chi connectivity index (χ1n) is 10.3. The van der Waals surface area contributed by atoms with Gasteiger partial charge in [-0.15, -0.1) is 0 Å². The van der Waals surface area contributed by atoms with Crippen LogP contribution in [-0.2, 0) is 0 Å². The van der Waals surface area contributed by atoms with Gasteiger partial charge in [0.25, 0.3) is 11.1 Å². The van der Waals surface area contributed by atoms with Crippen molar-refractivity contribution in [3.05, 3.63) is 131 Å². The molecule has 0 aliphatic heterocycles. The molecule has 6 heteroatoms. The maximum atomic E-state index is 13.3. The maximum Gasteiger partial charge on any atom is 0.346 e. The zero-order valence-electron chi connectivity index (χ0n) is 16.5. The molecule has 4 aliphatic rings. The van der Waals surface area contributed by atoms with Gasteiger partial charge in [-0.3, -0.25) is 9.59 Å². The molecule has 0 fully saturated rings. The van der Waals surface area contributed by atoms with Gasteiger partial charge < -0.3 is 4.42 Å². The second-order valence-electron chi connectivity index (χ2n) is 8.39. The predicted molar refractivity (Wildman–Crippen MR) is 121 cm³/mol. The van der Waals surface area contributed by atoms with E-state index in [2.05, 4.69) is 28.7 Å².